The van der Waals surface area contributed by atoms with E-state index in [0.29, 0.717) is 50.3 Å². The minimum absolute atomic E-state index is 0.0453. The number of amides is 2. The van der Waals surface area contributed by atoms with E-state index in [0.717, 1.165) is 70.7 Å². The maximum atomic E-state index is 11.7. The minimum Gasteiger partial charge on any atom is -0.478 e. The van der Waals surface area contributed by atoms with E-state index < -0.39 is 35.7 Å². The van der Waals surface area contributed by atoms with E-state index in [-0.39, 0.29) is 72.4 Å². The van der Waals surface area contributed by atoms with Gasteiger partial charge in [0.1, 0.15) is 76.3 Å². The molecule has 33 heteroatoms. The van der Waals surface area contributed by atoms with Crippen LogP contribution >= 0.6 is 81.2 Å². The summed E-state index contributed by atoms with van der Waals surface area (Å²) in [5.41, 5.74) is 37.2. The third-order valence-corrected chi connectivity index (χ3v) is 17.7. The summed E-state index contributed by atoms with van der Waals surface area (Å²) in [5.74, 6) is -2.07. The molecule has 2 fully saturated rings. The predicted molar refractivity (Wildman–Crippen MR) is 440 cm³/mol. The molecule has 10 aromatic rings. The van der Waals surface area contributed by atoms with Crippen LogP contribution in [0.3, 0.4) is 0 Å². The molecule has 2 aliphatic carbocycles. The van der Waals surface area contributed by atoms with E-state index in [1.54, 1.807) is 30.3 Å². The number of nitrogens with one attached hydrogen (secondary N) is 5. The number of hydrogen-bond donors (Lipinski definition) is 12. The molecule has 0 bridgehead atoms. The van der Waals surface area contributed by atoms with Crippen molar-refractivity contribution in [1.29, 1.82) is 0 Å². The monoisotopic (exact) mass is 1650 g/mol. The molecule has 0 spiro atoms. The summed E-state index contributed by atoms with van der Waals surface area (Å²) in [4.78, 5) is 91.0. The van der Waals surface area contributed by atoms with Crippen molar-refractivity contribution in [3.8, 4) is 0 Å². The number of aryl methyl sites for hydroxylation is 4. The van der Waals surface area contributed by atoms with E-state index >= 15 is 0 Å². The Kier molecular flexibility index (Phi) is 36.2. The van der Waals surface area contributed by atoms with E-state index in [2.05, 4.69) is 61.2 Å². The number of aromatic nitrogens is 6. The summed E-state index contributed by atoms with van der Waals surface area (Å²) in [6.07, 6.45) is 9.19. The highest BCUT2D eigenvalue weighted by Crippen LogP contribution is 2.29. The van der Waals surface area contributed by atoms with Gasteiger partial charge in [0.25, 0.3) is 11.8 Å². The van der Waals surface area contributed by atoms with Crippen molar-refractivity contribution < 1.29 is 48.5 Å². The fourth-order valence-corrected chi connectivity index (χ4v) is 11.8. The number of carboxylic acids is 2. The van der Waals surface area contributed by atoms with Crippen LogP contribution in [0.5, 0.6) is 0 Å². The first-order chi connectivity index (χ1) is 52.8. The highest BCUT2D eigenvalue weighted by Gasteiger charge is 2.24. The van der Waals surface area contributed by atoms with Crippen molar-refractivity contribution >= 4 is 169 Å². The number of nitrogens with two attached hydrogens (primary N) is 5. The van der Waals surface area contributed by atoms with Gasteiger partial charge in [-0.15, -0.1) is 0 Å². The lowest BCUT2D eigenvalue weighted by molar-refractivity contribution is 0.0592. The fourth-order valence-electron chi connectivity index (χ4n) is 10.5. The maximum absolute atomic E-state index is 11.7. The Morgan fingerprint density at radius 1 is 0.369 bits per heavy atom. The van der Waals surface area contributed by atoms with Gasteiger partial charge in [-0.25, -0.2) is 49.1 Å². The van der Waals surface area contributed by atoms with Crippen LogP contribution in [0.4, 0.5) is 51.8 Å². The zero-order chi connectivity index (χ0) is 81.4. The molecule has 17 N–H and O–H groups in total. The number of pyridine rings is 6. The molecule has 26 nitrogen and oxygen atoms in total. The van der Waals surface area contributed by atoms with Crippen molar-refractivity contribution in [1.82, 2.24) is 29.9 Å². The number of aromatic carboxylic acids is 2. The Morgan fingerprint density at radius 2 is 0.667 bits per heavy atom. The molecule has 6 aromatic heterocycles. The number of halogens is 7. The van der Waals surface area contributed by atoms with Crippen LogP contribution in [0.2, 0.25) is 36.1 Å². The average molecular weight is 1650 g/mol. The normalized spacial score (nSPS) is 14.4. The number of nitrogens with zero attached hydrogens (tertiary/aromatic N) is 6. The molecule has 2 saturated carbocycles. The molecular formula is C78H83Cl7N16O10. The number of rotatable bonds is 16. The molecule has 0 radical (unpaired) electrons. The maximum Gasteiger partial charge on any atom is 0.341 e. The highest BCUT2D eigenvalue weighted by atomic mass is 35.5. The predicted octanol–water partition coefficient (Wildman–Crippen LogP) is 17.3. The van der Waals surface area contributed by atoms with Gasteiger partial charge < -0.3 is 74.9 Å². The standard InChI is InChI=1S/C19H25N5O.C14H13ClN2O2.C13H12ClN3O.C13H11ClN2O2.C7H5Cl2NO2.C6H3Cl2NO2.C6H14N2/c1-12-5-4-6-13(11-12)22-19-14(18(21)25)9-10-17(24-19)23-16-8-3-2-7-15(16)20;1-9-4-3-5-10(8-9)16-13-11(14(18)19-2)6-7-12(15)17-13;1-8-3-2-4-9(7-8)16-13-10(12(15)18)5-6-11(14)17-13;1-8-3-2-4-9(7-8)15-12-10(13(17)18)5-6-11(14)16-12;1-12-7(11)4-2-3-5(8)10-6(4)9;7-4-2-1-3(6(10)11)5(8)9-4;7-5-3-1-2-4-6(5)8/h4-6,9-11,15-16H,2-3,7-8,20H2,1H3,(H2,21,25)(H2,22,23,24);3-8H,1-2H3,(H,16,17);2-7H,1H3,(H2,15,18)(H,16,17);2-7H,1H3,(H,15,16)(H,17,18);2-3H,1H3;1-2H,(H,10,11);5-6H,1-4,7-8H2/t15-,16+;;;;;;5-,6+/m0....../s1. The topological polar surface area (TPSA) is 429 Å². The fraction of sp³-hybridized carbons (Fsp3) is 0.231. The van der Waals surface area contributed by atoms with E-state index in [9.17, 15) is 28.8 Å². The molecule has 0 unspecified atom stereocenters. The average Bonchev–Trinajstić information content (AvgIpc) is 1.28. The Labute approximate surface area is 676 Å². The second kappa shape index (κ2) is 45.0. The Bertz CT molecular complexity index is 4740. The number of esters is 2. The summed E-state index contributed by atoms with van der Waals surface area (Å²) in [6, 6.07) is 49.9. The van der Waals surface area contributed by atoms with Gasteiger partial charge in [0.05, 0.1) is 36.5 Å². The molecule has 111 heavy (non-hydrogen) atoms. The summed E-state index contributed by atoms with van der Waals surface area (Å²) < 4.78 is 9.17. The van der Waals surface area contributed by atoms with E-state index in [4.69, 9.17) is 125 Å². The van der Waals surface area contributed by atoms with Crippen molar-refractivity contribution in [2.24, 2.45) is 28.7 Å². The Hall–Kier alpha value is -10.5. The minimum atomic E-state index is -1.11. The molecule has 2 aliphatic rings. The summed E-state index contributed by atoms with van der Waals surface area (Å²) in [6.45, 7) is 7.92. The van der Waals surface area contributed by atoms with Crippen LogP contribution in [0.25, 0.3) is 0 Å². The lowest BCUT2D eigenvalue weighted by atomic mass is 9.91. The first kappa shape index (κ1) is 89.4. The molecule has 6 heterocycles. The molecular weight excluding hydrogens is 1570 g/mol. The number of carboxylic acid groups (broad SMARTS) is 2. The molecule has 4 aromatic carbocycles. The zero-order valence-electron chi connectivity index (χ0n) is 61.0. The van der Waals surface area contributed by atoms with Gasteiger partial charge in [0, 0.05) is 46.9 Å². The number of methoxy groups -OCH3 is 2. The number of carbonyl (C=O) groups is 6. The van der Waals surface area contributed by atoms with Gasteiger partial charge in [0.2, 0.25) is 0 Å². The van der Waals surface area contributed by atoms with Crippen molar-refractivity contribution in [2.75, 3.05) is 40.8 Å². The third-order valence-electron chi connectivity index (χ3n) is 16.1. The van der Waals surface area contributed by atoms with Gasteiger partial charge >= 0.3 is 23.9 Å². The van der Waals surface area contributed by atoms with Crippen LogP contribution in [0.1, 0.15) is 136 Å². The van der Waals surface area contributed by atoms with Crippen LogP contribution in [0.15, 0.2) is 170 Å². The second-order valence-corrected chi connectivity index (χ2v) is 27.4. The smallest absolute Gasteiger partial charge is 0.341 e. The number of ether oxygens (including phenoxy) is 2. The molecule has 4 atom stereocenters. The lowest BCUT2D eigenvalue weighted by Crippen LogP contribution is -2.43. The Morgan fingerprint density at radius 3 is 1.01 bits per heavy atom. The zero-order valence-corrected chi connectivity index (χ0v) is 66.3. The van der Waals surface area contributed by atoms with Crippen LogP contribution < -0.4 is 55.3 Å². The number of benzene rings is 4. The van der Waals surface area contributed by atoms with Gasteiger partial charge in [-0.05, 0) is 197 Å². The van der Waals surface area contributed by atoms with E-state index in [1.165, 1.54) is 82.4 Å². The number of primary amides is 2. The highest BCUT2D eigenvalue weighted by molar-refractivity contribution is 6.35. The number of carbonyl (C=O) groups excluding carboxylic acids is 4. The van der Waals surface area contributed by atoms with E-state index in [1.807, 2.05) is 125 Å². The lowest BCUT2D eigenvalue weighted by Gasteiger charge is -2.29. The summed E-state index contributed by atoms with van der Waals surface area (Å²) in [7, 11) is 2.60. The molecule has 12 rings (SSSR count). The van der Waals surface area contributed by atoms with Gasteiger partial charge in [-0.1, -0.05) is 155 Å². The van der Waals surface area contributed by atoms with Crippen molar-refractivity contribution in [3.63, 3.8) is 0 Å². The molecule has 2 amide bonds. The van der Waals surface area contributed by atoms with Crippen LogP contribution in [0, 0.1) is 27.7 Å². The summed E-state index contributed by atoms with van der Waals surface area (Å²) >= 11 is 39.5. The Balaban J connectivity index is 0.000000207. The van der Waals surface area contributed by atoms with Gasteiger partial charge in [0.15, 0.2) is 0 Å². The second-order valence-electron chi connectivity index (χ2n) is 24.7. The summed E-state index contributed by atoms with van der Waals surface area (Å²) in [5, 5.41) is 34.5. The number of anilines is 9. The van der Waals surface area contributed by atoms with Gasteiger partial charge in [-0.3, -0.25) is 9.59 Å². The first-order valence-corrected chi connectivity index (χ1v) is 36.7. The van der Waals surface area contributed by atoms with Crippen molar-refractivity contribution in [3.05, 3.63) is 262 Å². The molecule has 0 aliphatic heterocycles. The quantitative estimate of drug-likeness (QED) is 0.0316. The largest absolute Gasteiger partial charge is 0.478 e. The van der Waals surface area contributed by atoms with Crippen LogP contribution in [-0.2, 0) is 9.47 Å². The SMILES string of the molecule is COC(=O)c1ccc(Cl)nc1Cl.COC(=O)c1ccc(Cl)nc1Nc1cccc(C)c1.Cc1cccc(Nc2nc(Cl)ccc2C(=O)O)c1.Cc1cccc(Nc2nc(Cl)ccc2C(N)=O)c1.Cc1cccc(Nc2nc(N[C@@H]3CCCC[C@@H]3N)ccc2C(N)=O)c1.N[C@@H]1CCCC[C@@H]1N.O=C(O)c1ccc(Cl)nc1Cl. The van der Waals surface area contributed by atoms with Crippen molar-refractivity contribution in [2.45, 2.75) is 103 Å². The molecule has 0 saturated heterocycles. The van der Waals surface area contributed by atoms with Crippen LogP contribution in [-0.4, -0.2) is 114 Å². The third kappa shape index (κ3) is 30.0. The number of hydrogen-bond acceptors (Lipinski definition) is 22. The molecule has 584 valence electrons. The van der Waals surface area contributed by atoms with Gasteiger partial charge in [-0.2, -0.15) is 0 Å². The first-order valence-electron chi connectivity index (χ1n) is 34.1.